The van der Waals surface area contributed by atoms with Crippen molar-refractivity contribution in [3.63, 3.8) is 0 Å². The van der Waals surface area contributed by atoms with Crippen molar-refractivity contribution >= 4 is 5.91 Å². The molecule has 3 rings (SSSR count). The molecule has 1 saturated carbocycles. The highest BCUT2D eigenvalue weighted by molar-refractivity contribution is 5.82. The number of likely N-dealkylation sites (tertiary alicyclic amines) is 1. The molecule has 0 bridgehead atoms. The van der Waals surface area contributed by atoms with E-state index in [1.807, 2.05) is 0 Å². The second kappa shape index (κ2) is 6.44. The van der Waals surface area contributed by atoms with Gasteiger partial charge in [-0.1, -0.05) is 12.8 Å². The van der Waals surface area contributed by atoms with E-state index >= 15 is 0 Å². The Labute approximate surface area is 122 Å². The Balaban J connectivity index is 1.44. The van der Waals surface area contributed by atoms with Gasteiger partial charge in [0.1, 0.15) is 0 Å². The van der Waals surface area contributed by atoms with E-state index in [4.69, 9.17) is 0 Å². The largest absolute Gasteiger partial charge is 0.353 e. The molecular formula is C16H29N3O. The maximum Gasteiger partial charge on any atom is 0.237 e. The number of rotatable bonds is 4. The van der Waals surface area contributed by atoms with Gasteiger partial charge in [0.05, 0.1) is 6.04 Å². The summed E-state index contributed by atoms with van der Waals surface area (Å²) in [5, 5.41) is 6.63. The van der Waals surface area contributed by atoms with Gasteiger partial charge in [0.2, 0.25) is 5.91 Å². The minimum Gasteiger partial charge on any atom is -0.353 e. The summed E-state index contributed by atoms with van der Waals surface area (Å²) in [5.74, 6) is 1.59. The molecular weight excluding hydrogens is 250 g/mol. The lowest BCUT2D eigenvalue weighted by atomic mass is 9.93. The van der Waals surface area contributed by atoms with Crippen LogP contribution in [0.15, 0.2) is 0 Å². The fourth-order valence-electron chi connectivity index (χ4n) is 4.32. The highest BCUT2D eigenvalue weighted by Gasteiger charge is 2.42. The lowest BCUT2D eigenvalue weighted by Crippen LogP contribution is -2.49. The molecule has 3 aliphatic rings. The van der Waals surface area contributed by atoms with Gasteiger partial charge >= 0.3 is 0 Å². The summed E-state index contributed by atoms with van der Waals surface area (Å²) in [6.07, 6.45) is 7.84. The van der Waals surface area contributed by atoms with E-state index in [1.54, 1.807) is 0 Å². The number of piperidine rings is 1. The molecule has 4 atom stereocenters. The van der Waals surface area contributed by atoms with Crippen molar-refractivity contribution in [3.8, 4) is 0 Å². The normalized spacial score (nSPS) is 35.8. The van der Waals surface area contributed by atoms with Crippen LogP contribution in [-0.2, 0) is 4.79 Å². The van der Waals surface area contributed by atoms with Gasteiger partial charge < -0.3 is 10.6 Å². The highest BCUT2D eigenvalue weighted by Crippen LogP contribution is 2.37. The zero-order chi connectivity index (χ0) is 13.9. The predicted octanol–water partition coefficient (Wildman–Crippen LogP) is 1.37. The van der Waals surface area contributed by atoms with Crippen LogP contribution in [0, 0.1) is 11.8 Å². The molecule has 0 aromatic heterocycles. The molecule has 0 aromatic carbocycles. The van der Waals surface area contributed by atoms with Crippen LogP contribution in [0.25, 0.3) is 0 Å². The second-order valence-corrected chi connectivity index (χ2v) is 6.93. The van der Waals surface area contributed by atoms with Crippen LogP contribution in [-0.4, -0.2) is 49.1 Å². The van der Waals surface area contributed by atoms with E-state index in [1.165, 1.54) is 51.6 Å². The summed E-state index contributed by atoms with van der Waals surface area (Å²) < 4.78 is 0. The Morgan fingerprint density at radius 1 is 1.25 bits per heavy atom. The first-order chi connectivity index (χ1) is 9.75. The molecule has 2 N–H and O–H groups in total. The molecule has 114 valence electrons. The Kier molecular flexibility index (Phi) is 4.61. The van der Waals surface area contributed by atoms with Gasteiger partial charge in [0.15, 0.2) is 0 Å². The van der Waals surface area contributed by atoms with Crippen molar-refractivity contribution in [2.24, 2.45) is 11.8 Å². The third kappa shape index (κ3) is 3.01. The Bertz CT molecular complexity index is 341. The topological polar surface area (TPSA) is 44.4 Å². The Morgan fingerprint density at radius 2 is 2.05 bits per heavy atom. The molecule has 4 heteroatoms. The Hall–Kier alpha value is -0.610. The minimum atomic E-state index is 0.0797. The summed E-state index contributed by atoms with van der Waals surface area (Å²) >= 11 is 0. The monoisotopic (exact) mass is 279 g/mol. The van der Waals surface area contributed by atoms with Crippen LogP contribution >= 0.6 is 0 Å². The SMILES string of the molecule is CC(CNC(=O)C1NCC2CCCC21)N1CCCCC1. The maximum absolute atomic E-state index is 12.4. The zero-order valence-corrected chi connectivity index (χ0v) is 12.7. The van der Waals surface area contributed by atoms with Gasteiger partial charge in [-0.15, -0.1) is 0 Å². The van der Waals surface area contributed by atoms with Gasteiger partial charge in [-0.2, -0.15) is 0 Å². The smallest absolute Gasteiger partial charge is 0.237 e. The fraction of sp³-hybridized carbons (Fsp3) is 0.938. The molecule has 20 heavy (non-hydrogen) atoms. The lowest BCUT2D eigenvalue weighted by molar-refractivity contribution is -0.124. The standard InChI is InChI=1S/C16H29N3O/c1-12(19-8-3-2-4-9-19)10-18-16(20)15-14-7-5-6-13(14)11-17-15/h12-15,17H,2-11H2,1H3,(H,18,20). The first-order valence-electron chi connectivity index (χ1n) is 8.51. The van der Waals surface area contributed by atoms with Crippen molar-refractivity contribution in [2.45, 2.75) is 57.5 Å². The van der Waals surface area contributed by atoms with Crippen molar-refractivity contribution in [3.05, 3.63) is 0 Å². The molecule has 1 aliphatic carbocycles. The van der Waals surface area contributed by atoms with E-state index < -0.39 is 0 Å². The maximum atomic E-state index is 12.4. The Morgan fingerprint density at radius 3 is 2.85 bits per heavy atom. The van der Waals surface area contributed by atoms with Crippen molar-refractivity contribution < 1.29 is 4.79 Å². The summed E-state index contributed by atoms with van der Waals surface area (Å²) in [5.41, 5.74) is 0. The third-order valence-corrected chi connectivity index (χ3v) is 5.61. The van der Waals surface area contributed by atoms with Crippen molar-refractivity contribution in [2.75, 3.05) is 26.2 Å². The van der Waals surface area contributed by atoms with Gasteiger partial charge in [-0.05, 0) is 64.1 Å². The fourth-order valence-corrected chi connectivity index (χ4v) is 4.32. The molecule has 2 heterocycles. The molecule has 1 amide bonds. The molecule has 4 unspecified atom stereocenters. The van der Waals surface area contributed by atoms with Crippen LogP contribution < -0.4 is 10.6 Å². The van der Waals surface area contributed by atoms with Gasteiger partial charge in [0.25, 0.3) is 0 Å². The number of carbonyl (C=O) groups is 1. The van der Waals surface area contributed by atoms with E-state index in [0.29, 0.717) is 12.0 Å². The van der Waals surface area contributed by atoms with Crippen LogP contribution in [0.2, 0.25) is 0 Å². The van der Waals surface area contributed by atoms with Crippen LogP contribution in [0.1, 0.15) is 45.4 Å². The number of amides is 1. The molecule has 3 fully saturated rings. The van der Waals surface area contributed by atoms with Crippen LogP contribution in [0.4, 0.5) is 0 Å². The summed E-state index contributed by atoms with van der Waals surface area (Å²) in [6, 6.07) is 0.552. The molecule has 2 saturated heterocycles. The van der Waals surface area contributed by atoms with E-state index in [0.717, 1.165) is 19.0 Å². The number of hydrogen-bond acceptors (Lipinski definition) is 3. The quantitative estimate of drug-likeness (QED) is 0.817. The summed E-state index contributed by atoms with van der Waals surface area (Å²) in [4.78, 5) is 14.9. The minimum absolute atomic E-state index is 0.0797. The lowest BCUT2D eigenvalue weighted by Gasteiger charge is -2.32. The average Bonchev–Trinajstić information content (AvgIpc) is 3.08. The van der Waals surface area contributed by atoms with E-state index in [2.05, 4.69) is 22.5 Å². The summed E-state index contributed by atoms with van der Waals surface area (Å²) in [6.45, 7) is 6.48. The molecule has 0 radical (unpaired) electrons. The zero-order valence-electron chi connectivity index (χ0n) is 12.7. The molecule has 4 nitrogen and oxygen atoms in total. The van der Waals surface area contributed by atoms with Crippen molar-refractivity contribution in [1.82, 2.24) is 15.5 Å². The first-order valence-corrected chi connectivity index (χ1v) is 8.51. The molecule has 0 spiro atoms. The average molecular weight is 279 g/mol. The van der Waals surface area contributed by atoms with Gasteiger partial charge in [0, 0.05) is 12.6 Å². The van der Waals surface area contributed by atoms with Crippen LogP contribution in [0.3, 0.4) is 0 Å². The van der Waals surface area contributed by atoms with E-state index in [9.17, 15) is 4.79 Å². The van der Waals surface area contributed by atoms with Crippen LogP contribution in [0.5, 0.6) is 0 Å². The van der Waals surface area contributed by atoms with Gasteiger partial charge in [-0.3, -0.25) is 9.69 Å². The second-order valence-electron chi connectivity index (χ2n) is 6.93. The first kappa shape index (κ1) is 14.3. The number of hydrogen-bond donors (Lipinski definition) is 2. The summed E-state index contributed by atoms with van der Waals surface area (Å²) in [7, 11) is 0. The third-order valence-electron chi connectivity index (χ3n) is 5.61. The molecule has 0 aromatic rings. The molecule has 2 aliphatic heterocycles. The number of nitrogens with zero attached hydrogens (tertiary/aromatic N) is 1. The van der Waals surface area contributed by atoms with Gasteiger partial charge in [-0.25, -0.2) is 0 Å². The number of fused-ring (bicyclic) bond motifs is 1. The highest BCUT2D eigenvalue weighted by atomic mass is 16.2. The van der Waals surface area contributed by atoms with Crippen molar-refractivity contribution in [1.29, 1.82) is 0 Å². The number of carbonyl (C=O) groups excluding carboxylic acids is 1. The van der Waals surface area contributed by atoms with E-state index in [-0.39, 0.29) is 11.9 Å². The number of nitrogens with one attached hydrogen (secondary N) is 2. The predicted molar refractivity (Wildman–Crippen MR) is 80.5 cm³/mol.